The first-order chi connectivity index (χ1) is 19.9. The van der Waals surface area contributed by atoms with Gasteiger partial charge >= 0.3 is 5.97 Å². The predicted molar refractivity (Wildman–Crippen MR) is 151 cm³/mol. The highest BCUT2D eigenvalue weighted by Crippen LogP contribution is 2.44. The second kappa shape index (κ2) is 14.5. The van der Waals surface area contributed by atoms with Crippen LogP contribution in [0.3, 0.4) is 0 Å². The first kappa shape index (κ1) is 30.6. The van der Waals surface area contributed by atoms with E-state index in [1.54, 1.807) is 29.2 Å². The standard InChI is InChI=1S/C30H41N3O8/c1-2-3-10-32(11-9-31)27(36)16-33-15-23(21-13-22(18-35)29-26(14-21)40-19-41-29)28(30(37)38)24(33)8-12-39-25-7-5-4-6-20(25)17-34/h4-7,13-14,23-24,28,34-35H,2-3,8-12,15-19,31H2,1H3,(H,37,38)/t23-,24+,28-/m1/s1. The highest BCUT2D eigenvalue weighted by Gasteiger charge is 2.47. The minimum atomic E-state index is -0.973. The maximum atomic E-state index is 13.4. The molecule has 1 amide bonds. The molecule has 224 valence electrons. The number of nitrogens with two attached hydrogens (primary N) is 1. The molecule has 0 unspecified atom stereocenters. The number of unbranched alkanes of at least 4 members (excludes halogenated alkanes) is 1. The molecule has 41 heavy (non-hydrogen) atoms. The Bertz CT molecular complexity index is 1190. The molecular weight excluding hydrogens is 530 g/mol. The Morgan fingerprint density at radius 1 is 1.12 bits per heavy atom. The number of benzene rings is 2. The third kappa shape index (κ3) is 7.10. The molecule has 2 aliphatic heterocycles. The Hall–Kier alpha value is -3.38. The van der Waals surface area contributed by atoms with Crippen LogP contribution in [0, 0.1) is 5.92 Å². The van der Waals surface area contributed by atoms with E-state index in [2.05, 4.69) is 6.92 Å². The van der Waals surface area contributed by atoms with Crippen LogP contribution in [0.1, 0.15) is 48.8 Å². The first-order valence-corrected chi connectivity index (χ1v) is 14.2. The number of hydrogen-bond acceptors (Lipinski definition) is 9. The van der Waals surface area contributed by atoms with Crippen molar-refractivity contribution in [2.45, 2.75) is 51.4 Å². The van der Waals surface area contributed by atoms with Crippen molar-refractivity contribution in [1.82, 2.24) is 9.80 Å². The van der Waals surface area contributed by atoms with E-state index in [9.17, 15) is 24.9 Å². The molecule has 11 nitrogen and oxygen atoms in total. The third-order valence-electron chi connectivity index (χ3n) is 7.89. The van der Waals surface area contributed by atoms with Gasteiger partial charge in [-0.2, -0.15) is 0 Å². The quantitative estimate of drug-likeness (QED) is 0.249. The third-order valence-corrected chi connectivity index (χ3v) is 7.89. The lowest BCUT2D eigenvalue weighted by atomic mass is 9.83. The van der Waals surface area contributed by atoms with E-state index in [0.29, 0.717) is 66.5 Å². The average Bonchev–Trinajstić information content (AvgIpc) is 3.60. The topological polar surface area (TPSA) is 155 Å². The molecule has 0 aliphatic carbocycles. The number of aliphatic hydroxyl groups is 2. The number of fused-ring (bicyclic) bond motifs is 1. The molecule has 0 aromatic heterocycles. The highest BCUT2D eigenvalue weighted by molar-refractivity contribution is 5.79. The number of carboxylic acids is 1. The van der Waals surface area contributed by atoms with Gasteiger partial charge in [0.1, 0.15) is 5.75 Å². The zero-order valence-electron chi connectivity index (χ0n) is 23.5. The van der Waals surface area contributed by atoms with Gasteiger partial charge in [-0.15, -0.1) is 0 Å². The maximum absolute atomic E-state index is 13.4. The molecule has 1 fully saturated rings. The summed E-state index contributed by atoms with van der Waals surface area (Å²) in [6, 6.07) is 10.2. The van der Waals surface area contributed by atoms with Gasteiger partial charge in [0.15, 0.2) is 11.5 Å². The Morgan fingerprint density at radius 2 is 1.90 bits per heavy atom. The lowest BCUT2D eigenvalue weighted by Gasteiger charge is -2.29. The van der Waals surface area contributed by atoms with Crippen molar-refractivity contribution in [2.75, 3.05) is 46.1 Å². The fourth-order valence-corrected chi connectivity index (χ4v) is 5.83. The van der Waals surface area contributed by atoms with Crippen molar-refractivity contribution in [3.8, 4) is 17.2 Å². The molecule has 3 atom stereocenters. The largest absolute Gasteiger partial charge is 0.493 e. The number of amides is 1. The lowest BCUT2D eigenvalue weighted by Crippen LogP contribution is -2.46. The van der Waals surface area contributed by atoms with Gasteiger partial charge in [0.25, 0.3) is 0 Å². The van der Waals surface area contributed by atoms with Crippen molar-refractivity contribution in [3.63, 3.8) is 0 Å². The van der Waals surface area contributed by atoms with E-state index < -0.39 is 23.8 Å². The van der Waals surface area contributed by atoms with Crippen LogP contribution in [0.5, 0.6) is 17.2 Å². The predicted octanol–water partition coefficient (Wildman–Crippen LogP) is 1.93. The van der Waals surface area contributed by atoms with Gasteiger partial charge in [0, 0.05) is 49.3 Å². The van der Waals surface area contributed by atoms with Gasteiger partial charge in [-0.1, -0.05) is 31.5 Å². The van der Waals surface area contributed by atoms with E-state index in [1.807, 2.05) is 17.0 Å². The average molecular weight is 572 g/mol. The van der Waals surface area contributed by atoms with Crippen molar-refractivity contribution >= 4 is 11.9 Å². The van der Waals surface area contributed by atoms with Gasteiger partial charge < -0.3 is 40.2 Å². The summed E-state index contributed by atoms with van der Waals surface area (Å²) in [4.78, 5) is 29.9. The second-order valence-electron chi connectivity index (χ2n) is 10.5. The first-order valence-electron chi connectivity index (χ1n) is 14.2. The molecule has 4 rings (SSSR count). The number of para-hydroxylation sites is 1. The minimum Gasteiger partial charge on any atom is -0.493 e. The molecule has 1 saturated heterocycles. The van der Waals surface area contributed by atoms with Gasteiger partial charge in [-0.25, -0.2) is 0 Å². The number of hydrogen-bond donors (Lipinski definition) is 4. The minimum absolute atomic E-state index is 0.0312. The molecule has 0 spiro atoms. The van der Waals surface area contributed by atoms with Crippen LogP contribution in [-0.4, -0.2) is 89.2 Å². The molecule has 0 bridgehead atoms. The summed E-state index contributed by atoms with van der Waals surface area (Å²) < 4.78 is 17.1. The number of likely N-dealkylation sites (tertiary alicyclic amines) is 1. The molecule has 2 heterocycles. The molecule has 2 aromatic carbocycles. The fraction of sp³-hybridized carbons (Fsp3) is 0.533. The van der Waals surface area contributed by atoms with Crippen molar-refractivity contribution < 1.29 is 39.1 Å². The molecule has 0 saturated carbocycles. The van der Waals surface area contributed by atoms with Crippen molar-refractivity contribution in [1.29, 1.82) is 0 Å². The van der Waals surface area contributed by atoms with Gasteiger partial charge in [0.05, 0.1) is 32.3 Å². The molecule has 11 heteroatoms. The SMILES string of the molecule is CCCCN(CCN)C(=O)CN1C[C@H](c2cc(CO)c3c(c2)OCO3)[C@@H](C(=O)O)[C@@H]1CCOc1ccccc1CO. The Morgan fingerprint density at radius 3 is 2.61 bits per heavy atom. The van der Waals surface area contributed by atoms with Gasteiger partial charge in [-0.3, -0.25) is 14.5 Å². The molecule has 2 aromatic rings. The zero-order valence-corrected chi connectivity index (χ0v) is 23.5. The highest BCUT2D eigenvalue weighted by atomic mass is 16.7. The normalized spacial score (nSPS) is 19.9. The van der Waals surface area contributed by atoms with E-state index in [0.717, 1.165) is 12.8 Å². The van der Waals surface area contributed by atoms with Crippen LogP contribution in [0.25, 0.3) is 0 Å². The summed E-state index contributed by atoms with van der Waals surface area (Å²) in [5.74, 6) is -0.895. The summed E-state index contributed by atoms with van der Waals surface area (Å²) in [5, 5.41) is 30.1. The van der Waals surface area contributed by atoms with Crippen LogP contribution in [0.2, 0.25) is 0 Å². The van der Waals surface area contributed by atoms with Crippen LogP contribution < -0.4 is 19.9 Å². The number of aliphatic carboxylic acids is 1. The number of rotatable bonds is 15. The number of carbonyl (C=O) groups is 2. The maximum Gasteiger partial charge on any atom is 0.308 e. The molecular formula is C30H41N3O8. The van der Waals surface area contributed by atoms with E-state index in [4.69, 9.17) is 19.9 Å². The second-order valence-corrected chi connectivity index (χ2v) is 10.5. The van der Waals surface area contributed by atoms with E-state index in [-0.39, 0.29) is 39.1 Å². The van der Waals surface area contributed by atoms with Crippen LogP contribution >= 0.6 is 0 Å². The summed E-state index contributed by atoms with van der Waals surface area (Å²) in [5.41, 5.74) is 7.67. The molecule has 2 aliphatic rings. The smallest absolute Gasteiger partial charge is 0.308 e. The Balaban J connectivity index is 1.62. The van der Waals surface area contributed by atoms with Crippen molar-refractivity contribution in [3.05, 3.63) is 53.1 Å². The number of carbonyl (C=O) groups excluding carboxylic acids is 1. The van der Waals surface area contributed by atoms with Crippen LogP contribution in [0.4, 0.5) is 0 Å². The van der Waals surface area contributed by atoms with Gasteiger partial charge in [0.2, 0.25) is 12.7 Å². The van der Waals surface area contributed by atoms with Crippen molar-refractivity contribution in [2.24, 2.45) is 11.7 Å². The number of ether oxygens (including phenoxy) is 3. The van der Waals surface area contributed by atoms with Crippen LogP contribution in [0.15, 0.2) is 36.4 Å². The Kier molecular flexibility index (Phi) is 10.8. The van der Waals surface area contributed by atoms with Crippen LogP contribution in [-0.2, 0) is 22.8 Å². The number of carboxylic acid groups (broad SMARTS) is 1. The zero-order chi connectivity index (χ0) is 29.4. The summed E-state index contributed by atoms with van der Waals surface area (Å²) in [7, 11) is 0. The number of aliphatic hydroxyl groups excluding tert-OH is 2. The van der Waals surface area contributed by atoms with E-state index >= 15 is 0 Å². The molecule has 5 N–H and O–H groups in total. The van der Waals surface area contributed by atoms with E-state index in [1.165, 1.54) is 0 Å². The Labute approximate surface area is 240 Å². The lowest BCUT2D eigenvalue weighted by molar-refractivity contribution is -0.144. The summed E-state index contributed by atoms with van der Waals surface area (Å²) >= 11 is 0. The fourth-order valence-electron chi connectivity index (χ4n) is 5.83. The summed E-state index contributed by atoms with van der Waals surface area (Å²) in [6.45, 7) is 3.60. The number of nitrogens with zero attached hydrogens (tertiary/aromatic N) is 2. The van der Waals surface area contributed by atoms with Gasteiger partial charge in [-0.05, 0) is 36.6 Å². The molecule has 0 radical (unpaired) electrons. The summed E-state index contributed by atoms with van der Waals surface area (Å²) in [6.07, 6.45) is 2.15. The monoisotopic (exact) mass is 571 g/mol.